The first-order valence-electron chi connectivity index (χ1n) is 8.04. The molecule has 0 spiro atoms. The number of hydrogen-bond acceptors (Lipinski definition) is 1. The van der Waals surface area contributed by atoms with Gasteiger partial charge in [0, 0.05) is 6.04 Å². The summed E-state index contributed by atoms with van der Waals surface area (Å²) in [6.45, 7) is 4.38. The summed E-state index contributed by atoms with van der Waals surface area (Å²) in [4.78, 5) is 0. The Kier molecular flexibility index (Phi) is 6.01. The van der Waals surface area contributed by atoms with Gasteiger partial charge in [0.2, 0.25) is 0 Å². The molecule has 1 N–H and O–H groups in total. The summed E-state index contributed by atoms with van der Waals surface area (Å²) >= 11 is 0. The molecule has 1 atom stereocenters. The molecule has 0 radical (unpaired) electrons. The van der Waals surface area contributed by atoms with Gasteiger partial charge in [-0.2, -0.15) is 0 Å². The number of likely N-dealkylation sites (N-methyl/N-ethyl adjacent to an activating group) is 1. The summed E-state index contributed by atoms with van der Waals surface area (Å²) in [6, 6.07) is 18.3. The molecule has 2 rings (SSSR count). The lowest BCUT2D eigenvalue weighted by Crippen LogP contribution is -2.18. The molecular formula is C20H27N. The molecule has 0 saturated carbocycles. The molecule has 1 unspecified atom stereocenters. The minimum absolute atomic E-state index is 0.382. The molecule has 2 aromatic carbocycles. The molecule has 0 aliphatic heterocycles. The molecule has 2 aromatic rings. The van der Waals surface area contributed by atoms with Crippen molar-refractivity contribution in [3.05, 3.63) is 70.8 Å². The summed E-state index contributed by atoms with van der Waals surface area (Å²) in [6.07, 6.45) is 4.76. The molecule has 0 amide bonds. The Morgan fingerprint density at radius 3 is 2.10 bits per heavy atom. The first-order chi connectivity index (χ1) is 10.2. The summed E-state index contributed by atoms with van der Waals surface area (Å²) in [5.74, 6) is 0. The van der Waals surface area contributed by atoms with Crippen molar-refractivity contribution in [2.75, 3.05) is 7.05 Å². The van der Waals surface area contributed by atoms with Gasteiger partial charge in [-0.3, -0.25) is 0 Å². The van der Waals surface area contributed by atoms with Crippen LogP contribution in [0.2, 0.25) is 0 Å². The molecule has 1 heteroatoms. The molecule has 1 nitrogen and oxygen atoms in total. The van der Waals surface area contributed by atoms with Crippen LogP contribution >= 0.6 is 0 Å². The molecule has 0 aromatic heterocycles. The van der Waals surface area contributed by atoms with Gasteiger partial charge in [-0.25, -0.2) is 0 Å². The number of aryl methyl sites for hydroxylation is 2. The quantitative estimate of drug-likeness (QED) is 0.765. The second-order valence-electron chi connectivity index (χ2n) is 5.88. The summed E-state index contributed by atoms with van der Waals surface area (Å²) in [5, 5.41) is 3.44. The Bertz CT molecular complexity index is 525. The minimum atomic E-state index is 0.382. The van der Waals surface area contributed by atoms with Gasteiger partial charge in [0.1, 0.15) is 0 Å². The second kappa shape index (κ2) is 7.99. The van der Waals surface area contributed by atoms with Gasteiger partial charge in [-0.15, -0.1) is 0 Å². The Balaban J connectivity index is 2.04. The first-order valence-corrected chi connectivity index (χ1v) is 8.04. The Hall–Kier alpha value is -1.60. The van der Waals surface area contributed by atoms with Gasteiger partial charge in [0.05, 0.1) is 0 Å². The van der Waals surface area contributed by atoms with E-state index >= 15 is 0 Å². The van der Waals surface area contributed by atoms with Crippen LogP contribution in [0.4, 0.5) is 0 Å². The fraction of sp³-hybridized carbons (Fsp3) is 0.400. The van der Waals surface area contributed by atoms with E-state index in [2.05, 4.69) is 67.7 Å². The molecule has 0 saturated heterocycles. The van der Waals surface area contributed by atoms with Crippen molar-refractivity contribution in [1.29, 1.82) is 0 Å². The van der Waals surface area contributed by atoms with E-state index in [-0.39, 0.29) is 0 Å². The van der Waals surface area contributed by atoms with Crippen LogP contribution in [-0.4, -0.2) is 7.05 Å². The minimum Gasteiger partial charge on any atom is -0.313 e. The standard InChI is InChI=1S/C20H27N/c1-4-5-6-17-11-13-19(14-12-17)20(21-3)15-18-9-7-16(2)8-10-18/h7-14,20-21H,4-6,15H2,1-3H3. The predicted octanol–water partition coefficient (Wildman–Crippen LogP) is 4.84. The van der Waals surface area contributed by atoms with Crippen molar-refractivity contribution >= 4 is 0 Å². The predicted molar refractivity (Wildman–Crippen MR) is 91.7 cm³/mol. The van der Waals surface area contributed by atoms with Crippen LogP contribution in [0.5, 0.6) is 0 Å². The lowest BCUT2D eigenvalue weighted by Gasteiger charge is -2.17. The molecular weight excluding hydrogens is 254 g/mol. The average Bonchev–Trinajstić information content (AvgIpc) is 2.53. The Labute approximate surface area is 129 Å². The lowest BCUT2D eigenvalue weighted by atomic mass is 9.97. The van der Waals surface area contributed by atoms with Crippen molar-refractivity contribution in [2.45, 2.75) is 45.6 Å². The van der Waals surface area contributed by atoms with Gasteiger partial charge in [0.15, 0.2) is 0 Å². The van der Waals surface area contributed by atoms with E-state index in [9.17, 15) is 0 Å². The topological polar surface area (TPSA) is 12.0 Å². The zero-order valence-electron chi connectivity index (χ0n) is 13.5. The normalized spacial score (nSPS) is 12.3. The van der Waals surface area contributed by atoms with E-state index in [0.717, 1.165) is 6.42 Å². The smallest absolute Gasteiger partial charge is 0.0358 e. The zero-order chi connectivity index (χ0) is 15.1. The summed E-state index contributed by atoms with van der Waals surface area (Å²) < 4.78 is 0. The Morgan fingerprint density at radius 2 is 1.52 bits per heavy atom. The second-order valence-corrected chi connectivity index (χ2v) is 5.88. The maximum atomic E-state index is 3.44. The molecule has 0 aliphatic rings. The third-order valence-electron chi connectivity index (χ3n) is 4.11. The number of rotatable bonds is 7. The van der Waals surface area contributed by atoms with Crippen LogP contribution in [0, 0.1) is 6.92 Å². The molecule has 0 fully saturated rings. The van der Waals surface area contributed by atoms with Crippen molar-refractivity contribution in [3.8, 4) is 0 Å². The van der Waals surface area contributed by atoms with Crippen LogP contribution in [-0.2, 0) is 12.8 Å². The van der Waals surface area contributed by atoms with Gasteiger partial charge in [0.25, 0.3) is 0 Å². The van der Waals surface area contributed by atoms with E-state index in [4.69, 9.17) is 0 Å². The van der Waals surface area contributed by atoms with E-state index < -0.39 is 0 Å². The van der Waals surface area contributed by atoms with E-state index in [0.29, 0.717) is 6.04 Å². The number of benzene rings is 2. The zero-order valence-corrected chi connectivity index (χ0v) is 13.5. The summed E-state index contributed by atoms with van der Waals surface area (Å²) in [7, 11) is 2.05. The largest absolute Gasteiger partial charge is 0.313 e. The van der Waals surface area contributed by atoms with Gasteiger partial charge < -0.3 is 5.32 Å². The molecule has 112 valence electrons. The maximum Gasteiger partial charge on any atom is 0.0358 e. The number of nitrogens with one attached hydrogen (secondary N) is 1. The third kappa shape index (κ3) is 4.71. The van der Waals surface area contributed by atoms with Gasteiger partial charge >= 0.3 is 0 Å². The number of unbranched alkanes of at least 4 members (excludes halogenated alkanes) is 1. The van der Waals surface area contributed by atoms with Gasteiger partial charge in [-0.05, 0) is 49.9 Å². The van der Waals surface area contributed by atoms with Crippen LogP contribution in [0.25, 0.3) is 0 Å². The highest BCUT2D eigenvalue weighted by atomic mass is 14.9. The van der Waals surface area contributed by atoms with Gasteiger partial charge in [-0.1, -0.05) is 67.4 Å². The first kappa shape index (κ1) is 15.8. The van der Waals surface area contributed by atoms with Crippen molar-refractivity contribution in [1.82, 2.24) is 5.32 Å². The molecule has 0 aliphatic carbocycles. The fourth-order valence-corrected chi connectivity index (χ4v) is 2.64. The highest BCUT2D eigenvalue weighted by molar-refractivity contribution is 5.28. The monoisotopic (exact) mass is 281 g/mol. The van der Waals surface area contributed by atoms with E-state index in [1.165, 1.54) is 41.5 Å². The molecule has 0 heterocycles. The SMILES string of the molecule is CCCCc1ccc(C(Cc2ccc(C)cc2)NC)cc1. The molecule has 21 heavy (non-hydrogen) atoms. The molecule has 0 bridgehead atoms. The van der Waals surface area contributed by atoms with Crippen LogP contribution < -0.4 is 5.32 Å². The van der Waals surface area contributed by atoms with Crippen molar-refractivity contribution in [2.24, 2.45) is 0 Å². The summed E-state index contributed by atoms with van der Waals surface area (Å²) in [5.41, 5.74) is 5.53. The highest BCUT2D eigenvalue weighted by Gasteiger charge is 2.10. The van der Waals surface area contributed by atoms with E-state index in [1.807, 2.05) is 7.05 Å². The fourth-order valence-electron chi connectivity index (χ4n) is 2.64. The number of hydrogen-bond donors (Lipinski definition) is 1. The third-order valence-corrected chi connectivity index (χ3v) is 4.11. The van der Waals surface area contributed by atoms with E-state index in [1.54, 1.807) is 0 Å². The maximum absolute atomic E-state index is 3.44. The Morgan fingerprint density at radius 1 is 0.905 bits per heavy atom. The lowest BCUT2D eigenvalue weighted by molar-refractivity contribution is 0.591. The van der Waals surface area contributed by atoms with Crippen LogP contribution in [0.1, 0.15) is 48.1 Å². The highest BCUT2D eigenvalue weighted by Crippen LogP contribution is 2.19. The van der Waals surface area contributed by atoms with Crippen LogP contribution in [0.3, 0.4) is 0 Å². The average molecular weight is 281 g/mol. The van der Waals surface area contributed by atoms with Crippen molar-refractivity contribution < 1.29 is 0 Å². The van der Waals surface area contributed by atoms with Crippen molar-refractivity contribution in [3.63, 3.8) is 0 Å². The van der Waals surface area contributed by atoms with Crippen LogP contribution in [0.15, 0.2) is 48.5 Å².